The van der Waals surface area contributed by atoms with E-state index in [2.05, 4.69) is 19.9 Å². The van der Waals surface area contributed by atoms with E-state index in [1.807, 2.05) is 0 Å². The Morgan fingerprint density at radius 3 is 2.67 bits per heavy atom. The lowest BCUT2D eigenvalue weighted by atomic mass is 9.48. The highest BCUT2D eigenvalue weighted by molar-refractivity contribution is 5.87. The lowest BCUT2D eigenvalue weighted by Crippen LogP contribution is -2.49. The first-order valence-electron chi connectivity index (χ1n) is 10.7. The van der Waals surface area contributed by atoms with Gasteiger partial charge < -0.3 is 9.84 Å². The number of allylic oxidation sites excluding steroid dienone is 2. The molecule has 0 heterocycles. The van der Waals surface area contributed by atoms with E-state index >= 15 is 0 Å². The van der Waals surface area contributed by atoms with Crippen LogP contribution in [0.25, 0.3) is 0 Å². The molecule has 0 spiro atoms. The number of fused-ring (bicyclic) bond motifs is 5. The van der Waals surface area contributed by atoms with Gasteiger partial charge in [0.15, 0.2) is 0 Å². The third kappa shape index (κ3) is 2.82. The van der Waals surface area contributed by atoms with Gasteiger partial charge in [-0.25, -0.2) is 4.79 Å². The molecule has 4 heteroatoms. The highest BCUT2D eigenvalue weighted by Crippen LogP contribution is 2.66. The molecule has 0 bridgehead atoms. The van der Waals surface area contributed by atoms with E-state index in [-0.39, 0.29) is 23.5 Å². The van der Waals surface area contributed by atoms with Crippen LogP contribution in [0.15, 0.2) is 23.0 Å². The fourth-order valence-corrected chi connectivity index (χ4v) is 7.13. The number of esters is 1. The summed E-state index contributed by atoms with van der Waals surface area (Å²) in [7, 11) is 0. The summed E-state index contributed by atoms with van der Waals surface area (Å²) < 4.78 is 19.8. The second kappa shape index (κ2) is 6.72. The number of carbonyl (C=O) groups is 1. The smallest absolute Gasteiger partial charge is 0.367 e. The Morgan fingerprint density at radius 1 is 1.22 bits per heavy atom. The molecule has 0 aromatic heterocycles. The SMILES string of the molecule is CCOC(=O)C(F)=C1CC[C@H]2[C@@H]3CC=C4C[C@@H](O)CC[C@]4(C)[C@H]3CC[C@]12C. The third-order valence-electron chi connectivity index (χ3n) is 8.58. The lowest BCUT2D eigenvalue weighted by Gasteiger charge is -2.57. The zero-order valence-corrected chi connectivity index (χ0v) is 16.9. The molecular weight excluding hydrogens is 343 g/mol. The molecule has 6 atom stereocenters. The van der Waals surface area contributed by atoms with Crippen molar-refractivity contribution in [2.24, 2.45) is 28.6 Å². The van der Waals surface area contributed by atoms with Gasteiger partial charge in [-0.15, -0.1) is 0 Å². The first kappa shape index (κ1) is 19.2. The molecule has 3 nitrogen and oxygen atoms in total. The molecule has 0 unspecified atom stereocenters. The van der Waals surface area contributed by atoms with Crippen LogP contribution in [0.1, 0.15) is 72.1 Å². The van der Waals surface area contributed by atoms with E-state index in [1.165, 1.54) is 5.57 Å². The Labute approximate surface area is 162 Å². The molecule has 3 fully saturated rings. The number of carbonyl (C=O) groups excluding carboxylic acids is 1. The van der Waals surface area contributed by atoms with E-state index in [1.54, 1.807) is 6.92 Å². The maximum absolute atomic E-state index is 14.9. The molecule has 4 rings (SSSR count). The predicted octanol–water partition coefficient (Wildman–Crippen LogP) is 5.10. The van der Waals surface area contributed by atoms with Gasteiger partial charge in [0.2, 0.25) is 5.83 Å². The molecule has 0 saturated heterocycles. The van der Waals surface area contributed by atoms with Gasteiger partial charge in [0, 0.05) is 0 Å². The summed E-state index contributed by atoms with van der Waals surface area (Å²) in [5.41, 5.74) is 2.14. The summed E-state index contributed by atoms with van der Waals surface area (Å²) in [4.78, 5) is 12.0. The summed E-state index contributed by atoms with van der Waals surface area (Å²) in [6.07, 6.45) is 9.71. The molecule has 1 N–H and O–H groups in total. The number of hydrogen-bond acceptors (Lipinski definition) is 3. The summed E-state index contributed by atoms with van der Waals surface area (Å²) in [5, 5.41) is 10.1. The monoisotopic (exact) mass is 376 g/mol. The van der Waals surface area contributed by atoms with Gasteiger partial charge in [-0.1, -0.05) is 25.5 Å². The molecule has 150 valence electrons. The lowest BCUT2D eigenvalue weighted by molar-refractivity contribution is -0.140. The first-order chi connectivity index (χ1) is 12.8. The normalized spacial score (nSPS) is 45.3. The first-order valence-corrected chi connectivity index (χ1v) is 10.7. The van der Waals surface area contributed by atoms with Crippen LogP contribution in [-0.4, -0.2) is 23.8 Å². The summed E-state index contributed by atoms with van der Waals surface area (Å²) in [6, 6.07) is 0. The van der Waals surface area contributed by atoms with E-state index in [4.69, 9.17) is 4.74 Å². The van der Waals surface area contributed by atoms with Crippen molar-refractivity contribution in [1.82, 2.24) is 0 Å². The third-order valence-corrected chi connectivity index (χ3v) is 8.58. The molecule has 0 amide bonds. The Morgan fingerprint density at radius 2 is 1.93 bits per heavy atom. The fraction of sp³-hybridized carbons (Fsp3) is 0.783. The maximum atomic E-state index is 14.9. The summed E-state index contributed by atoms with van der Waals surface area (Å²) in [6.45, 7) is 6.51. The van der Waals surface area contributed by atoms with Crippen LogP contribution in [0.2, 0.25) is 0 Å². The van der Waals surface area contributed by atoms with Gasteiger partial charge in [-0.05, 0) is 92.4 Å². The van der Waals surface area contributed by atoms with Crippen LogP contribution in [0, 0.1) is 28.6 Å². The Hall–Kier alpha value is -1.16. The molecule has 0 aliphatic heterocycles. The topological polar surface area (TPSA) is 46.5 Å². The van der Waals surface area contributed by atoms with E-state index in [9.17, 15) is 14.3 Å². The van der Waals surface area contributed by atoms with Gasteiger partial charge >= 0.3 is 5.97 Å². The highest BCUT2D eigenvalue weighted by Gasteiger charge is 2.58. The number of aliphatic hydroxyl groups excluding tert-OH is 1. The molecular formula is C23H33FO3. The second-order valence-electron chi connectivity index (χ2n) is 9.66. The minimum atomic E-state index is -0.782. The van der Waals surface area contributed by atoms with Crippen molar-refractivity contribution in [2.45, 2.75) is 78.2 Å². The minimum Gasteiger partial charge on any atom is -0.461 e. The highest BCUT2D eigenvalue weighted by atomic mass is 19.1. The molecule has 4 aliphatic rings. The minimum absolute atomic E-state index is 0.186. The van der Waals surface area contributed by atoms with Crippen molar-refractivity contribution in [1.29, 1.82) is 0 Å². The van der Waals surface area contributed by atoms with Gasteiger partial charge in [-0.3, -0.25) is 0 Å². The number of rotatable bonds is 2. The quantitative estimate of drug-likeness (QED) is 0.414. The average molecular weight is 377 g/mol. The van der Waals surface area contributed by atoms with Crippen LogP contribution in [0.5, 0.6) is 0 Å². The van der Waals surface area contributed by atoms with E-state index < -0.39 is 11.8 Å². The standard InChI is InChI=1S/C23H33FO3/c1-4-27-21(26)20(24)19-8-7-17-16-6-5-14-13-15(25)9-11-22(14,2)18(16)10-12-23(17,19)3/h5,15-18,25H,4,6-13H2,1-3H3/t15-,16-,17-,18-,22-,23-/m0/s1. The Bertz CT molecular complexity index is 696. The summed E-state index contributed by atoms with van der Waals surface area (Å²) in [5.74, 6) is 0.205. The summed E-state index contributed by atoms with van der Waals surface area (Å²) >= 11 is 0. The predicted molar refractivity (Wildman–Crippen MR) is 102 cm³/mol. The van der Waals surface area contributed by atoms with Crippen LogP contribution in [0.3, 0.4) is 0 Å². The van der Waals surface area contributed by atoms with Gasteiger partial charge in [0.05, 0.1) is 12.7 Å². The van der Waals surface area contributed by atoms with Crippen molar-refractivity contribution < 1.29 is 19.0 Å². The molecule has 3 saturated carbocycles. The number of aliphatic hydroxyl groups is 1. The molecule has 4 aliphatic carbocycles. The van der Waals surface area contributed by atoms with Gasteiger partial charge in [0.1, 0.15) is 0 Å². The Balaban J connectivity index is 1.65. The number of ether oxygens (including phenoxy) is 1. The molecule has 27 heavy (non-hydrogen) atoms. The van der Waals surface area contributed by atoms with Crippen molar-refractivity contribution in [3.05, 3.63) is 23.0 Å². The molecule has 0 aromatic carbocycles. The van der Waals surface area contributed by atoms with E-state index in [0.29, 0.717) is 29.7 Å². The Kier molecular flexibility index (Phi) is 4.77. The maximum Gasteiger partial charge on any atom is 0.367 e. The molecule has 0 radical (unpaired) electrons. The number of halogens is 1. The van der Waals surface area contributed by atoms with Crippen LogP contribution in [0.4, 0.5) is 4.39 Å². The molecule has 0 aromatic rings. The van der Waals surface area contributed by atoms with Crippen molar-refractivity contribution in [3.63, 3.8) is 0 Å². The van der Waals surface area contributed by atoms with Crippen LogP contribution >= 0.6 is 0 Å². The van der Waals surface area contributed by atoms with Gasteiger partial charge in [0.25, 0.3) is 0 Å². The van der Waals surface area contributed by atoms with E-state index in [0.717, 1.165) is 44.9 Å². The largest absolute Gasteiger partial charge is 0.461 e. The number of hydrogen-bond donors (Lipinski definition) is 1. The van der Waals surface area contributed by atoms with Crippen molar-refractivity contribution in [3.8, 4) is 0 Å². The van der Waals surface area contributed by atoms with Crippen molar-refractivity contribution in [2.75, 3.05) is 6.61 Å². The average Bonchev–Trinajstić information content (AvgIpc) is 2.99. The fourth-order valence-electron chi connectivity index (χ4n) is 7.13. The van der Waals surface area contributed by atoms with Crippen LogP contribution < -0.4 is 0 Å². The second-order valence-corrected chi connectivity index (χ2v) is 9.66. The zero-order valence-electron chi connectivity index (χ0n) is 16.9. The zero-order chi connectivity index (χ0) is 19.4. The van der Waals surface area contributed by atoms with Crippen molar-refractivity contribution >= 4 is 5.97 Å². The van der Waals surface area contributed by atoms with Crippen LogP contribution in [-0.2, 0) is 9.53 Å². The van der Waals surface area contributed by atoms with Gasteiger partial charge in [-0.2, -0.15) is 4.39 Å².